The average molecular weight is 367 g/mol. The Labute approximate surface area is 148 Å². The molecule has 1 aliphatic heterocycles. The van der Waals surface area contributed by atoms with Crippen molar-refractivity contribution in [2.24, 2.45) is 5.73 Å². The monoisotopic (exact) mass is 367 g/mol. The summed E-state index contributed by atoms with van der Waals surface area (Å²) in [5, 5.41) is -0.248. The van der Waals surface area contributed by atoms with E-state index in [-0.39, 0.29) is 17.0 Å². The fraction of sp³-hybridized carbons (Fsp3) is 0.647. The highest BCUT2D eigenvalue weighted by Crippen LogP contribution is 2.28. The van der Waals surface area contributed by atoms with E-state index in [2.05, 4.69) is 4.98 Å². The smallest absolute Gasteiger partial charge is 0.267 e. The summed E-state index contributed by atoms with van der Waals surface area (Å²) in [4.78, 5) is 15.1. The van der Waals surface area contributed by atoms with Crippen molar-refractivity contribution in [3.05, 3.63) is 24.0 Å². The first kappa shape index (κ1) is 18.1. The van der Waals surface area contributed by atoms with Crippen molar-refractivity contribution in [3.8, 4) is 5.75 Å². The molecule has 3 rings (SSSR count). The zero-order valence-electron chi connectivity index (χ0n) is 14.3. The largest absolute Gasteiger partial charge is 0.489 e. The van der Waals surface area contributed by atoms with Crippen LogP contribution in [0.2, 0.25) is 0 Å². The summed E-state index contributed by atoms with van der Waals surface area (Å²) in [6, 6.07) is 3.15. The third kappa shape index (κ3) is 4.30. The summed E-state index contributed by atoms with van der Waals surface area (Å²) in [7, 11) is -3.27. The van der Waals surface area contributed by atoms with Gasteiger partial charge in [0, 0.05) is 18.8 Å². The highest BCUT2D eigenvalue weighted by molar-refractivity contribution is 7.89. The molecule has 0 spiro atoms. The molecule has 0 radical (unpaired) electrons. The molecule has 2 heterocycles. The van der Waals surface area contributed by atoms with Crippen LogP contribution in [-0.2, 0) is 10.0 Å². The van der Waals surface area contributed by atoms with Gasteiger partial charge < -0.3 is 10.5 Å². The van der Waals surface area contributed by atoms with E-state index >= 15 is 0 Å². The standard InChI is InChI=1S/C17H25N3O4S/c18-17(21)16-11-13(8-9-19-16)24-14-5-4-10-20(12-14)25(22,23)15-6-2-1-3-7-15/h8-9,11,14-15H,1-7,10,12H2,(H2,18,21). The van der Waals surface area contributed by atoms with Gasteiger partial charge in [-0.05, 0) is 31.7 Å². The van der Waals surface area contributed by atoms with E-state index in [9.17, 15) is 13.2 Å². The molecule has 7 nitrogen and oxygen atoms in total. The van der Waals surface area contributed by atoms with E-state index < -0.39 is 15.9 Å². The number of rotatable bonds is 5. The lowest BCUT2D eigenvalue weighted by Crippen LogP contribution is -2.48. The molecule has 1 saturated carbocycles. The van der Waals surface area contributed by atoms with Gasteiger partial charge in [-0.15, -0.1) is 0 Å². The number of amides is 1. The molecule has 1 amide bonds. The lowest BCUT2D eigenvalue weighted by molar-refractivity contribution is 0.0993. The molecule has 1 atom stereocenters. The van der Waals surface area contributed by atoms with Crippen molar-refractivity contribution >= 4 is 15.9 Å². The van der Waals surface area contributed by atoms with Crippen LogP contribution in [-0.4, -0.2) is 48.1 Å². The van der Waals surface area contributed by atoms with Gasteiger partial charge in [0.15, 0.2) is 0 Å². The van der Waals surface area contributed by atoms with Crippen molar-refractivity contribution < 1.29 is 17.9 Å². The highest BCUT2D eigenvalue weighted by Gasteiger charge is 2.36. The van der Waals surface area contributed by atoms with Gasteiger partial charge in [-0.2, -0.15) is 4.31 Å². The zero-order valence-corrected chi connectivity index (χ0v) is 15.1. The van der Waals surface area contributed by atoms with Crippen LogP contribution in [0, 0.1) is 0 Å². The molecule has 2 aliphatic rings. The van der Waals surface area contributed by atoms with Crippen molar-refractivity contribution in [2.45, 2.75) is 56.3 Å². The number of sulfonamides is 1. The Kier molecular flexibility index (Phi) is 5.58. The predicted molar refractivity (Wildman–Crippen MR) is 93.8 cm³/mol. The fourth-order valence-corrected chi connectivity index (χ4v) is 5.73. The Morgan fingerprint density at radius 3 is 2.68 bits per heavy atom. The van der Waals surface area contributed by atoms with Crippen LogP contribution in [0.25, 0.3) is 0 Å². The third-order valence-corrected chi connectivity index (χ3v) is 7.33. The number of aromatic nitrogens is 1. The van der Waals surface area contributed by atoms with Crippen LogP contribution in [0.15, 0.2) is 18.3 Å². The number of nitrogens with zero attached hydrogens (tertiary/aromatic N) is 2. The molecular weight excluding hydrogens is 342 g/mol. The Hall–Kier alpha value is -1.67. The van der Waals surface area contributed by atoms with Crippen LogP contribution >= 0.6 is 0 Å². The zero-order chi connectivity index (χ0) is 17.9. The summed E-state index contributed by atoms with van der Waals surface area (Å²) < 4.78 is 33.3. The number of carbonyl (C=O) groups is 1. The van der Waals surface area contributed by atoms with E-state index in [1.807, 2.05) is 0 Å². The molecule has 1 unspecified atom stereocenters. The van der Waals surface area contributed by atoms with Crippen LogP contribution in [0.4, 0.5) is 0 Å². The number of nitrogens with two attached hydrogens (primary N) is 1. The number of pyridine rings is 1. The van der Waals surface area contributed by atoms with Crippen LogP contribution in [0.3, 0.4) is 0 Å². The first-order chi connectivity index (χ1) is 12.0. The lowest BCUT2D eigenvalue weighted by atomic mass is 10.0. The summed E-state index contributed by atoms with van der Waals surface area (Å²) in [6.07, 6.45) is 7.42. The Balaban J connectivity index is 1.66. The number of hydrogen-bond acceptors (Lipinski definition) is 5. The van der Waals surface area contributed by atoms with Gasteiger partial charge in [0.25, 0.3) is 5.91 Å². The van der Waals surface area contributed by atoms with Crippen LogP contribution < -0.4 is 10.5 Å². The third-order valence-electron chi connectivity index (χ3n) is 4.96. The van der Waals surface area contributed by atoms with Crippen molar-refractivity contribution in [3.63, 3.8) is 0 Å². The Bertz CT molecular complexity index is 716. The Morgan fingerprint density at radius 2 is 1.96 bits per heavy atom. The normalized spacial score (nSPS) is 23.3. The van der Waals surface area contributed by atoms with E-state index in [1.54, 1.807) is 10.4 Å². The van der Waals surface area contributed by atoms with E-state index in [0.717, 1.165) is 44.9 Å². The predicted octanol–water partition coefficient (Wildman–Crippen LogP) is 1.69. The van der Waals surface area contributed by atoms with E-state index in [4.69, 9.17) is 10.5 Å². The molecule has 1 aliphatic carbocycles. The molecule has 2 N–H and O–H groups in total. The van der Waals surface area contributed by atoms with Gasteiger partial charge in [-0.3, -0.25) is 9.78 Å². The molecule has 138 valence electrons. The second-order valence-electron chi connectivity index (χ2n) is 6.79. The van der Waals surface area contributed by atoms with E-state index in [1.165, 1.54) is 12.3 Å². The maximum atomic E-state index is 12.9. The summed E-state index contributed by atoms with van der Waals surface area (Å²) in [5.41, 5.74) is 5.37. The molecule has 8 heteroatoms. The first-order valence-electron chi connectivity index (χ1n) is 8.88. The number of piperidine rings is 1. The molecular formula is C17H25N3O4S. The quantitative estimate of drug-likeness (QED) is 0.853. The summed E-state index contributed by atoms with van der Waals surface area (Å²) >= 11 is 0. The topological polar surface area (TPSA) is 103 Å². The maximum Gasteiger partial charge on any atom is 0.267 e. The maximum absolute atomic E-state index is 12.9. The van der Waals surface area contributed by atoms with Gasteiger partial charge in [-0.1, -0.05) is 19.3 Å². The number of carbonyl (C=O) groups excluding carboxylic acids is 1. The van der Waals surface area contributed by atoms with Crippen LogP contribution in [0.5, 0.6) is 5.75 Å². The number of hydrogen-bond donors (Lipinski definition) is 1. The van der Waals surface area contributed by atoms with Gasteiger partial charge >= 0.3 is 0 Å². The van der Waals surface area contributed by atoms with Gasteiger partial charge in [-0.25, -0.2) is 8.42 Å². The molecule has 1 saturated heterocycles. The molecule has 0 aromatic carbocycles. The fourth-order valence-electron chi connectivity index (χ4n) is 3.62. The molecule has 1 aromatic heterocycles. The number of ether oxygens (including phenoxy) is 1. The second-order valence-corrected chi connectivity index (χ2v) is 9.00. The lowest BCUT2D eigenvalue weighted by Gasteiger charge is -2.35. The molecule has 0 bridgehead atoms. The SMILES string of the molecule is NC(=O)c1cc(OC2CCCN(S(=O)(=O)C3CCCCC3)C2)ccn1. The van der Waals surface area contributed by atoms with Gasteiger partial charge in [0.05, 0.1) is 11.8 Å². The highest BCUT2D eigenvalue weighted by atomic mass is 32.2. The van der Waals surface area contributed by atoms with Crippen molar-refractivity contribution in [2.75, 3.05) is 13.1 Å². The van der Waals surface area contributed by atoms with Crippen molar-refractivity contribution in [1.29, 1.82) is 0 Å². The minimum Gasteiger partial charge on any atom is -0.489 e. The minimum absolute atomic E-state index is 0.139. The second kappa shape index (κ2) is 7.70. The first-order valence-corrected chi connectivity index (χ1v) is 10.4. The average Bonchev–Trinajstić information content (AvgIpc) is 2.63. The van der Waals surface area contributed by atoms with Crippen molar-refractivity contribution in [1.82, 2.24) is 9.29 Å². The number of primary amides is 1. The van der Waals surface area contributed by atoms with Gasteiger partial charge in [0.1, 0.15) is 17.5 Å². The molecule has 2 fully saturated rings. The van der Waals surface area contributed by atoms with E-state index in [0.29, 0.717) is 18.8 Å². The molecule has 25 heavy (non-hydrogen) atoms. The van der Waals surface area contributed by atoms with Crippen LogP contribution in [0.1, 0.15) is 55.4 Å². The summed E-state index contributed by atoms with van der Waals surface area (Å²) in [5.74, 6) is -0.124. The molecule has 1 aromatic rings. The summed E-state index contributed by atoms with van der Waals surface area (Å²) in [6.45, 7) is 0.911. The Morgan fingerprint density at radius 1 is 1.20 bits per heavy atom. The minimum atomic E-state index is -3.27. The van der Waals surface area contributed by atoms with Gasteiger partial charge in [0.2, 0.25) is 10.0 Å².